The summed E-state index contributed by atoms with van der Waals surface area (Å²) in [4.78, 5) is 12.2. The quantitative estimate of drug-likeness (QED) is 0.608. The number of benzene rings is 1. The number of anilines is 1. The fourth-order valence-corrected chi connectivity index (χ4v) is 2.68. The number of hydrogen-bond donors (Lipinski definition) is 2. The number of rotatable bonds is 6. The van der Waals surface area contributed by atoms with Gasteiger partial charge in [0.15, 0.2) is 5.11 Å². The molecule has 0 aliphatic carbocycles. The molecule has 2 N–H and O–H groups in total. The van der Waals surface area contributed by atoms with E-state index in [-0.39, 0.29) is 11.0 Å². The van der Waals surface area contributed by atoms with Crippen molar-refractivity contribution in [2.24, 2.45) is 0 Å². The monoisotopic (exact) mass is 345 g/mol. The highest BCUT2D eigenvalue weighted by molar-refractivity contribution is 7.80. The van der Waals surface area contributed by atoms with Gasteiger partial charge in [-0.3, -0.25) is 10.1 Å². The van der Waals surface area contributed by atoms with Gasteiger partial charge in [0, 0.05) is 5.69 Å². The Hall–Kier alpha value is -2.21. The highest BCUT2D eigenvalue weighted by atomic mass is 32.1. The van der Waals surface area contributed by atoms with Gasteiger partial charge < -0.3 is 9.84 Å². The Balaban J connectivity index is 1.89. The van der Waals surface area contributed by atoms with Crippen molar-refractivity contribution in [3.63, 3.8) is 0 Å². The van der Waals surface area contributed by atoms with Gasteiger partial charge in [0.25, 0.3) is 5.91 Å². The Morgan fingerprint density at radius 1 is 1.21 bits per heavy atom. The van der Waals surface area contributed by atoms with Crippen molar-refractivity contribution >= 4 is 28.9 Å². The SMILES string of the molecule is CCCCCc1ccc(NC(=S)NC(=O)c2c(C)noc2C)cc1. The Kier molecular flexibility index (Phi) is 6.49. The second kappa shape index (κ2) is 8.59. The van der Waals surface area contributed by atoms with Crippen LogP contribution in [0.5, 0.6) is 0 Å². The summed E-state index contributed by atoms with van der Waals surface area (Å²) in [6.07, 6.45) is 4.76. The van der Waals surface area contributed by atoms with Crippen molar-refractivity contribution < 1.29 is 9.32 Å². The molecule has 0 radical (unpaired) electrons. The lowest BCUT2D eigenvalue weighted by molar-refractivity contribution is 0.0976. The number of aryl methyl sites for hydroxylation is 3. The Labute approximate surface area is 147 Å². The van der Waals surface area contributed by atoms with Gasteiger partial charge in [0.2, 0.25) is 0 Å². The molecular formula is C18H23N3O2S. The van der Waals surface area contributed by atoms with Crippen molar-refractivity contribution in [3.05, 3.63) is 46.8 Å². The van der Waals surface area contributed by atoms with Crippen LogP contribution in [0.3, 0.4) is 0 Å². The molecule has 1 aromatic carbocycles. The van der Waals surface area contributed by atoms with Crippen LogP contribution in [0.2, 0.25) is 0 Å². The molecule has 1 aromatic heterocycles. The van der Waals surface area contributed by atoms with Gasteiger partial charge in [0.05, 0.1) is 5.69 Å². The average molecular weight is 345 g/mol. The highest BCUT2D eigenvalue weighted by Crippen LogP contribution is 2.14. The van der Waals surface area contributed by atoms with Crippen molar-refractivity contribution in [2.45, 2.75) is 46.5 Å². The van der Waals surface area contributed by atoms with Crippen molar-refractivity contribution in [1.29, 1.82) is 0 Å². The third-order valence-corrected chi connectivity index (χ3v) is 3.97. The minimum atomic E-state index is -0.320. The predicted octanol–water partition coefficient (Wildman–Crippen LogP) is 4.15. The molecule has 5 nitrogen and oxygen atoms in total. The molecule has 1 heterocycles. The van der Waals surface area contributed by atoms with Crippen LogP contribution in [0.4, 0.5) is 5.69 Å². The summed E-state index contributed by atoms with van der Waals surface area (Å²) < 4.78 is 5.00. The number of carbonyl (C=O) groups is 1. The first-order valence-electron chi connectivity index (χ1n) is 8.15. The number of amides is 1. The van der Waals surface area contributed by atoms with Crippen molar-refractivity contribution in [2.75, 3.05) is 5.32 Å². The van der Waals surface area contributed by atoms with E-state index in [9.17, 15) is 4.79 Å². The van der Waals surface area contributed by atoms with Crippen LogP contribution >= 0.6 is 12.2 Å². The largest absolute Gasteiger partial charge is 0.361 e. The first-order valence-corrected chi connectivity index (χ1v) is 8.56. The molecule has 2 aromatic rings. The average Bonchev–Trinajstić information content (AvgIpc) is 2.88. The molecule has 6 heteroatoms. The van der Waals surface area contributed by atoms with Crippen LogP contribution in [0.1, 0.15) is 53.6 Å². The van der Waals surface area contributed by atoms with Crippen LogP contribution in [-0.2, 0) is 6.42 Å². The van der Waals surface area contributed by atoms with E-state index in [2.05, 4.69) is 34.8 Å². The van der Waals surface area contributed by atoms with Gasteiger partial charge in [-0.15, -0.1) is 0 Å². The summed E-state index contributed by atoms with van der Waals surface area (Å²) >= 11 is 5.20. The zero-order valence-electron chi connectivity index (χ0n) is 14.3. The standard InChI is InChI=1S/C18H23N3O2S/c1-4-5-6-7-14-8-10-15(11-9-14)19-18(24)20-17(22)16-12(2)21-23-13(16)3/h8-11H,4-7H2,1-3H3,(H2,19,20,22,24). The van der Waals surface area contributed by atoms with Crippen LogP contribution in [0, 0.1) is 13.8 Å². The molecule has 0 aliphatic rings. The number of unbranched alkanes of at least 4 members (excludes halogenated alkanes) is 2. The molecule has 0 fully saturated rings. The van der Waals surface area contributed by atoms with Gasteiger partial charge >= 0.3 is 0 Å². The highest BCUT2D eigenvalue weighted by Gasteiger charge is 2.18. The van der Waals surface area contributed by atoms with E-state index >= 15 is 0 Å². The Bertz CT molecular complexity index is 688. The van der Waals surface area contributed by atoms with Crippen LogP contribution in [-0.4, -0.2) is 16.2 Å². The molecule has 0 saturated carbocycles. The lowest BCUT2D eigenvalue weighted by Crippen LogP contribution is -2.34. The summed E-state index contributed by atoms with van der Waals surface area (Å²) in [5, 5.41) is 9.69. The molecule has 0 atom stereocenters. The smallest absolute Gasteiger partial charge is 0.262 e. The fraction of sp³-hybridized carbons (Fsp3) is 0.389. The normalized spacial score (nSPS) is 10.5. The number of carbonyl (C=O) groups excluding carboxylic acids is 1. The third kappa shape index (κ3) is 4.89. The topological polar surface area (TPSA) is 67.2 Å². The van der Waals surface area contributed by atoms with Crippen molar-refractivity contribution in [3.8, 4) is 0 Å². The summed E-state index contributed by atoms with van der Waals surface area (Å²) in [6.45, 7) is 5.62. The third-order valence-electron chi connectivity index (χ3n) is 3.77. The maximum atomic E-state index is 12.2. The lowest BCUT2D eigenvalue weighted by Gasteiger charge is -2.10. The van der Waals surface area contributed by atoms with E-state index < -0.39 is 0 Å². The number of nitrogens with zero attached hydrogens (tertiary/aromatic N) is 1. The number of hydrogen-bond acceptors (Lipinski definition) is 4. The second-order valence-corrected chi connectivity index (χ2v) is 6.17. The van der Waals surface area contributed by atoms with E-state index in [0.717, 1.165) is 12.1 Å². The summed E-state index contributed by atoms with van der Waals surface area (Å²) in [5.74, 6) is 0.157. The minimum Gasteiger partial charge on any atom is -0.361 e. The Morgan fingerprint density at radius 2 is 1.92 bits per heavy atom. The summed E-state index contributed by atoms with van der Waals surface area (Å²) in [5.41, 5.74) is 3.12. The number of nitrogens with one attached hydrogen (secondary N) is 2. The van der Waals surface area contributed by atoms with Crippen LogP contribution in [0.25, 0.3) is 0 Å². The minimum absolute atomic E-state index is 0.249. The van der Waals surface area contributed by atoms with Gasteiger partial charge in [-0.2, -0.15) is 0 Å². The molecule has 24 heavy (non-hydrogen) atoms. The van der Waals surface area contributed by atoms with Crippen molar-refractivity contribution in [1.82, 2.24) is 10.5 Å². The molecule has 1 amide bonds. The first kappa shape index (κ1) is 18.1. The van der Waals surface area contributed by atoms with E-state index in [1.165, 1.54) is 24.8 Å². The lowest BCUT2D eigenvalue weighted by atomic mass is 10.1. The van der Waals surface area contributed by atoms with Gasteiger partial charge in [-0.1, -0.05) is 37.1 Å². The molecule has 0 unspecified atom stereocenters. The van der Waals surface area contributed by atoms with Gasteiger partial charge in [-0.05, 0) is 56.6 Å². The van der Waals surface area contributed by atoms with Crippen LogP contribution in [0.15, 0.2) is 28.8 Å². The van der Waals surface area contributed by atoms with E-state index in [1.807, 2.05) is 12.1 Å². The van der Waals surface area contributed by atoms with Gasteiger partial charge in [-0.25, -0.2) is 0 Å². The fourth-order valence-electron chi connectivity index (χ4n) is 2.47. The molecule has 0 bridgehead atoms. The van der Waals surface area contributed by atoms with E-state index in [1.54, 1.807) is 13.8 Å². The van der Waals surface area contributed by atoms with E-state index in [4.69, 9.17) is 16.7 Å². The number of thiocarbonyl (C=S) groups is 1. The molecule has 0 spiro atoms. The van der Waals surface area contributed by atoms with E-state index in [0.29, 0.717) is 17.0 Å². The zero-order chi connectivity index (χ0) is 17.5. The first-order chi connectivity index (χ1) is 11.5. The zero-order valence-corrected chi connectivity index (χ0v) is 15.1. The molecule has 2 rings (SSSR count). The molecular weight excluding hydrogens is 322 g/mol. The Morgan fingerprint density at radius 3 is 2.50 bits per heavy atom. The second-order valence-electron chi connectivity index (χ2n) is 5.76. The summed E-state index contributed by atoms with van der Waals surface area (Å²) in [6, 6.07) is 8.10. The summed E-state index contributed by atoms with van der Waals surface area (Å²) in [7, 11) is 0. The maximum Gasteiger partial charge on any atom is 0.262 e. The molecule has 0 aliphatic heterocycles. The maximum absolute atomic E-state index is 12.2. The van der Waals surface area contributed by atoms with Crippen LogP contribution < -0.4 is 10.6 Å². The predicted molar refractivity (Wildman–Crippen MR) is 99.3 cm³/mol. The number of aromatic nitrogens is 1. The van der Waals surface area contributed by atoms with Gasteiger partial charge in [0.1, 0.15) is 11.3 Å². The molecule has 128 valence electrons. The molecule has 0 saturated heterocycles.